The average molecular weight is 337 g/mol. The Morgan fingerprint density at radius 3 is 2.87 bits per heavy atom. The highest BCUT2D eigenvalue weighted by Crippen LogP contribution is 2.21. The van der Waals surface area contributed by atoms with Gasteiger partial charge in [0.1, 0.15) is 12.4 Å². The number of hydrogen-bond donors (Lipinski definition) is 1. The zero-order chi connectivity index (χ0) is 16.1. The molecule has 0 aromatic carbocycles. The number of furan rings is 1. The molecule has 1 aliphatic heterocycles. The first kappa shape index (κ1) is 16.4. The molecule has 1 aliphatic rings. The number of aliphatic hydroxyl groups excluding tert-OH is 1. The fourth-order valence-electron chi connectivity index (χ4n) is 2.65. The Hall–Kier alpha value is -1.41. The lowest BCUT2D eigenvalue weighted by Crippen LogP contribution is -2.49. The number of aromatic nitrogens is 1. The summed E-state index contributed by atoms with van der Waals surface area (Å²) in [5, 5.41) is 13.3. The van der Waals surface area contributed by atoms with Gasteiger partial charge in [-0.05, 0) is 19.1 Å². The Morgan fingerprint density at radius 1 is 1.39 bits per heavy atom. The Kier molecular flexibility index (Phi) is 5.66. The lowest BCUT2D eigenvalue weighted by molar-refractivity contribution is 0.00442. The van der Waals surface area contributed by atoms with Crippen LogP contribution in [0.5, 0.6) is 0 Å². The Labute approximate surface area is 140 Å². The van der Waals surface area contributed by atoms with Crippen molar-refractivity contribution in [1.29, 1.82) is 0 Å². The van der Waals surface area contributed by atoms with Crippen molar-refractivity contribution in [3.63, 3.8) is 0 Å². The predicted octanol–water partition coefficient (Wildman–Crippen LogP) is 1.74. The van der Waals surface area contributed by atoms with E-state index < -0.39 is 6.10 Å². The normalized spacial score (nSPS) is 17.6. The Bertz CT molecular complexity index is 579. The van der Waals surface area contributed by atoms with Gasteiger partial charge >= 0.3 is 0 Å². The van der Waals surface area contributed by atoms with Crippen LogP contribution in [-0.4, -0.2) is 60.4 Å². The number of thiazole rings is 1. The zero-order valence-electron chi connectivity index (χ0n) is 13.4. The largest absolute Gasteiger partial charge is 0.467 e. The lowest BCUT2D eigenvalue weighted by atomic mass is 10.3. The summed E-state index contributed by atoms with van der Waals surface area (Å²) < 4.78 is 10.7. The van der Waals surface area contributed by atoms with Crippen LogP contribution >= 0.6 is 11.3 Å². The molecule has 1 atom stereocenters. The number of piperazine rings is 1. The number of ether oxygens (including phenoxy) is 1. The van der Waals surface area contributed by atoms with Crippen molar-refractivity contribution in [2.45, 2.75) is 19.6 Å². The van der Waals surface area contributed by atoms with Gasteiger partial charge in [0, 0.05) is 38.1 Å². The minimum atomic E-state index is -0.474. The number of aliphatic hydroxyl groups is 1. The summed E-state index contributed by atoms with van der Waals surface area (Å²) in [4.78, 5) is 9.12. The van der Waals surface area contributed by atoms with Gasteiger partial charge in [0.15, 0.2) is 5.13 Å². The molecule has 0 radical (unpaired) electrons. The van der Waals surface area contributed by atoms with Crippen LogP contribution < -0.4 is 4.90 Å². The number of anilines is 1. The van der Waals surface area contributed by atoms with Crippen molar-refractivity contribution in [1.82, 2.24) is 9.88 Å². The van der Waals surface area contributed by atoms with E-state index in [1.807, 2.05) is 19.1 Å². The number of nitrogens with zero attached hydrogens (tertiary/aromatic N) is 3. The van der Waals surface area contributed by atoms with Crippen molar-refractivity contribution >= 4 is 16.5 Å². The van der Waals surface area contributed by atoms with E-state index in [4.69, 9.17) is 9.15 Å². The first-order valence-corrected chi connectivity index (χ1v) is 8.76. The minimum absolute atomic E-state index is 0.326. The van der Waals surface area contributed by atoms with E-state index in [9.17, 15) is 5.11 Å². The predicted molar refractivity (Wildman–Crippen MR) is 89.9 cm³/mol. The highest BCUT2D eigenvalue weighted by Gasteiger charge is 2.21. The number of aryl methyl sites for hydroxylation is 1. The lowest BCUT2D eigenvalue weighted by Gasteiger charge is -2.35. The second-order valence-electron chi connectivity index (χ2n) is 5.81. The molecule has 0 amide bonds. The molecule has 7 heteroatoms. The molecule has 0 aliphatic carbocycles. The van der Waals surface area contributed by atoms with Crippen molar-refractivity contribution in [2.24, 2.45) is 0 Å². The highest BCUT2D eigenvalue weighted by molar-refractivity contribution is 7.13. The van der Waals surface area contributed by atoms with Gasteiger partial charge in [0.2, 0.25) is 0 Å². The summed E-state index contributed by atoms with van der Waals surface area (Å²) in [5.41, 5.74) is 1.08. The second-order valence-corrected chi connectivity index (χ2v) is 6.64. The van der Waals surface area contributed by atoms with Crippen LogP contribution in [0.1, 0.15) is 11.5 Å². The first-order valence-electron chi connectivity index (χ1n) is 7.88. The monoisotopic (exact) mass is 337 g/mol. The zero-order valence-corrected chi connectivity index (χ0v) is 14.2. The van der Waals surface area contributed by atoms with E-state index in [0.717, 1.165) is 42.8 Å². The second kappa shape index (κ2) is 7.92. The van der Waals surface area contributed by atoms with Crippen molar-refractivity contribution in [3.8, 4) is 0 Å². The van der Waals surface area contributed by atoms with Gasteiger partial charge in [-0.15, -0.1) is 11.3 Å². The molecule has 0 unspecified atom stereocenters. The van der Waals surface area contributed by atoms with Crippen molar-refractivity contribution in [2.75, 3.05) is 44.2 Å². The summed E-state index contributed by atoms with van der Waals surface area (Å²) in [6.45, 7) is 7.17. The maximum atomic E-state index is 10.1. The van der Waals surface area contributed by atoms with Crippen LogP contribution in [0.2, 0.25) is 0 Å². The summed E-state index contributed by atoms with van der Waals surface area (Å²) in [6.07, 6.45) is 1.15. The Morgan fingerprint density at radius 2 is 2.22 bits per heavy atom. The molecule has 0 saturated carbocycles. The molecule has 2 aromatic rings. The molecule has 3 rings (SSSR count). The van der Waals surface area contributed by atoms with Crippen molar-refractivity contribution < 1.29 is 14.3 Å². The van der Waals surface area contributed by atoms with E-state index in [0.29, 0.717) is 19.8 Å². The summed E-state index contributed by atoms with van der Waals surface area (Å²) in [6, 6.07) is 3.70. The van der Waals surface area contributed by atoms with Crippen LogP contribution in [0.15, 0.2) is 28.2 Å². The van der Waals surface area contributed by atoms with Gasteiger partial charge in [-0.25, -0.2) is 4.98 Å². The minimum Gasteiger partial charge on any atom is -0.467 e. The van der Waals surface area contributed by atoms with Crippen LogP contribution in [0.4, 0.5) is 5.13 Å². The van der Waals surface area contributed by atoms with Gasteiger partial charge in [0.25, 0.3) is 0 Å². The van der Waals surface area contributed by atoms with Crippen LogP contribution in [0.25, 0.3) is 0 Å². The maximum Gasteiger partial charge on any atom is 0.185 e. The van der Waals surface area contributed by atoms with Crippen molar-refractivity contribution in [3.05, 3.63) is 35.2 Å². The van der Waals surface area contributed by atoms with E-state index in [1.165, 1.54) is 0 Å². The molecule has 1 saturated heterocycles. The molecule has 23 heavy (non-hydrogen) atoms. The fourth-order valence-corrected chi connectivity index (χ4v) is 3.51. The summed E-state index contributed by atoms with van der Waals surface area (Å²) >= 11 is 1.70. The van der Waals surface area contributed by atoms with Gasteiger partial charge in [-0.3, -0.25) is 4.90 Å². The van der Waals surface area contributed by atoms with Crippen LogP contribution in [0, 0.1) is 6.92 Å². The van der Waals surface area contributed by atoms with E-state index in [1.54, 1.807) is 17.6 Å². The maximum absolute atomic E-state index is 10.1. The van der Waals surface area contributed by atoms with Gasteiger partial charge in [-0.2, -0.15) is 0 Å². The van der Waals surface area contributed by atoms with Gasteiger partial charge < -0.3 is 19.2 Å². The average Bonchev–Trinajstić information content (AvgIpc) is 3.20. The molecule has 126 valence electrons. The third-order valence-corrected chi connectivity index (χ3v) is 4.87. The first-order chi connectivity index (χ1) is 11.2. The van der Waals surface area contributed by atoms with Crippen LogP contribution in [-0.2, 0) is 11.3 Å². The van der Waals surface area contributed by atoms with E-state index in [2.05, 4.69) is 20.2 Å². The smallest absolute Gasteiger partial charge is 0.185 e. The molecule has 2 aromatic heterocycles. The Balaban J connectivity index is 1.35. The third kappa shape index (κ3) is 4.78. The topological polar surface area (TPSA) is 62.0 Å². The molecular formula is C16H23N3O3S. The third-order valence-electron chi connectivity index (χ3n) is 3.85. The summed E-state index contributed by atoms with van der Waals surface area (Å²) in [7, 11) is 0. The molecule has 1 fully saturated rings. The quantitative estimate of drug-likeness (QED) is 0.830. The fraction of sp³-hybridized carbons (Fsp3) is 0.562. The highest BCUT2D eigenvalue weighted by atomic mass is 32.1. The molecule has 3 heterocycles. The van der Waals surface area contributed by atoms with Crippen LogP contribution in [0.3, 0.4) is 0 Å². The molecule has 1 N–H and O–H groups in total. The molecule has 0 spiro atoms. The SMILES string of the molecule is Cc1csc(N2CCN(C[C@@H](O)COCc3ccco3)CC2)n1. The van der Waals surface area contributed by atoms with Gasteiger partial charge in [-0.1, -0.05) is 0 Å². The van der Waals surface area contributed by atoms with Gasteiger partial charge in [0.05, 0.1) is 24.7 Å². The molecule has 0 bridgehead atoms. The number of β-amino-alcohol motifs (C(OH)–C–C–N with tert-alkyl or cyclic N) is 1. The summed E-state index contributed by atoms with van der Waals surface area (Å²) in [5.74, 6) is 0.782. The number of rotatable bonds is 7. The van der Waals surface area contributed by atoms with E-state index in [-0.39, 0.29) is 0 Å². The van der Waals surface area contributed by atoms with E-state index >= 15 is 0 Å². The number of hydrogen-bond acceptors (Lipinski definition) is 7. The molecular weight excluding hydrogens is 314 g/mol. The molecule has 6 nitrogen and oxygen atoms in total. The standard InChI is InChI=1S/C16H23N3O3S/c1-13-12-23-16(17-13)19-6-4-18(5-7-19)9-14(20)10-21-11-15-3-2-8-22-15/h2-3,8,12,14,20H,4-7,9-11H2,1H3/t14-/m1/s1.